The van der Waals surface area contributed by atoms with Gasteiger partial charge in [-0.2, -0.15) is 13.2 Å². The molecule has 1 aliphatic rings. The van der Waals surface area contributed by atoms with E-state index in [9.17, 15) is 22.8 Å². The molecule has 0 aliphatic carbocycles. The summed E-state index contributed by atoms with van der Waals surface area (Å²) in [5, 5.41) is 5.47. The lowest BCUT2D eigenvalue weighted by atomic mass is 10.00. The van der Waals surface area contributed by atoms with Gasteiger partial charge in [-0.3, -0.25) is 9.59 Å². The molecule has 2 N–H and O–H groups in total. The van der Waals surface area contributed by atoms with Crippen LogP contribution in [0.4, 0.5) is 18.9 Å². The lowest BCUT2D eigenvalue weighted by Crippen LogP contribution is -2.31. The van der Waals surface area contributed by atoms with Gasteiger partial charge in [0.2, 0.25) is 5.91 Å². The van der Waals surface area contributed by atoms with Gasteiger partial charge in [0, 0.05) is 24.2 Å². The molecule has 26 heavy (non-hydrogen) atoms. The second-order valence-corrected chi connectivity index (χ2v) is 6.12. The minimum absolute atomic E-state index is 0.134. The Hall–Kier alpha value is -2.83. The number of rotatable bonds is 4. The molecule has 4 nitrogen and oxygen atoms in total. The van der Waals surface area contributed by atoms with Crippen molar-refractivity contribution in [2.75, 3.05) is 11.9 Å². The van der Waals surface area contributed by atoms with Crippen LogP contribution in [0, 0.1) is 0 Å². The van der Waals surface area contributed by atoms with Gasteiger partial charge < -0.3 is 10.6 Å². The Balaban J connectivity index is 1.58. The first-order valence-electron chi connectivity index (χ1n) is 8.20. The molecule has 1 aliphatic heterocycles. The van der Waals surface area contributed by atoms with Crippen LogP contribution in [0.25, 0.3) is 0 Å². The zero-order chi connectivity index (χ0) is 18.7. The van der Waals surface area contributed by atoms with E-state index in [1.807, 2.05) is 6.07 Å². The van der Waals surface area contributed by atoms with Crippen molar-refractivity contribution in [3.8, 4) is 0 Å². The number of amides is 2. The van der Waals surface area contributed by atoms with E-state index in [1.54, 1.807) is 12.1 Å². The largest absolute Gasteiger partial charge is 0.416 e. The highest BCUT2D eigenvalue weighted by Crippen LogP contribution is 2.29. The fraction of sp³-hybridized carbons (Fsp3) is 0.263. The summed E-state index contributed by atoms with van der Waals surface area (Å²) in [5.41, 5.74) is 1.96. The zero-order valence-corrected chi connectivity index (χ0v) is 13.8. The van der Waals surface area contributed by atoms with Gasteiger partial charge in [-0.05, 0) is 48.2 Å². The van der Waals surface area contributed by atoms with Crippen molar-refractivity contribution < 1.29 is 22.8 Å². The second-order valence-electron chi connectivity index (χ2n) is 6.12. The molecule has 0 aromatic heterocycles. The molecule has 0 atom stereocenters. The minimum Gasteiger partial charge on any atom is -0.352 e. The fourth-order valence-corrected chi connectivity index (χ4v) is 2.83. The van der Waals surface area contributed by atoms with Gasteiger partial charge in [0.05, 0.1) is 5.56 Å². The van der Waals surface area contributed by atoms with E-state index < -0.39 is 11.7 Å². The van der Waals surface area contributed by atoms with Crippen molar-refractivity contribution in [2.45, 2.75) is 25.4 Å². The molecule has 0 spiro atoms. The number of alkyl halides is 3. The number of anilines is 1. The molecular formula is C19H17F3N2O2. The van der Waals surface area contributed by atoms with Crippen LogP contribution in [0.1, 0.15) is 33.5 Å². The van der Waals surface area contributed by atoms with E-state index in [0.29, 0.717) is 29.8 Å². The molecule has 0 saturated heterocycles. The maximum atomic E-state index is 12.5. The van der Waals surface area contributed by atoms with E-state index in [2.05, 4.69) is 10.6 Å². The highest BCUT2D eigenvalue weighted by atomic mass is 19.4. The van der Waals surface area contributed by atoms with Gasteiger partial charge >= 0.3 is 6.18 Å². The average Bonchev–Trinajstić information content (AvgIpc) is 2.60. The third-order valence-electron chi connectivity index (χ3n) is 4.24. The first-order chi connectivity index (χ1) is 12.3. The van der Waals surface area contributed by atoms with Gasteiger partial charge in [0.25, 0.3) is 5.91 Å². The van der Waals surface area contributed by atoms with E-state index in [4.69, 9.17) is 0 Å². The molecule has 0 radical (unpaired) electrons. The van der Waals surface area contributed by atoms with Crippen LogP contribution in [0.5, 0.6) is 0 Å². The van der Waals surface area contributed by atoms with E-state index in [0.717, 1.165) is 24.1 Å². The Morgan fingerprint density at radius 3 is 2.54 bits per heavy atom. The zero-order valence-electron chi connectivity index (χ0n) is 13.8. The number of hydrogen-bond acceptors (Lipinski definition) is 2. The third-order valence-corrected chi connectivity index (χ3v) is 4.24. The molecule has 2 aromatic rings. The summed E-state index contributed by atoms with van der Waals surface area (Å²) in [4.78, 5) is 23.9. The Kier molecular flexibility index (Phi) is 4.97. The standard InChI is InChI=1S/C19H17F3N2O2/c20-19(21,22)14-5-1-12(2-6-14)3-8-17(25)24-15-7-4-13-9-10-23-18(26)16(13)11-15/h1-2,4-7,11H,3,8-10H2,(H,23,26)(H,24,25). The summed E-state index contributed by atoms with van der Waals surface area (Å²) >= 11 is 0. The topological polar surface area (TPSA) is 58.2 Å². The summed E-state index contributed by atoms with van der Waals surface area (Å²) in [6, 6.07) is 9.97. The third kappa shape index (κ3) is 4.22. The van der Waals surface area contributed by atoms with Crippen LogP contribution in [-0.4, -0.2) is 18.4 Å². The van der Waals surface area contributed by atoms with Crippen molar-refractivity contribution in [1.29, 1.82) is 0 Å². The number of halogens is 3. The summed E-state index contributed by atoms with van der Waals surface area (Å²) in [6.45, 7) is 0.602. The van der Waals surface area contributed by atoms with Gasteiger partial charge in [-0.15, -0.1) is 0 Å². The molecule has 3 rings (SSSR count). The summed E-state index contributed by atoms with van der Waals surface area (Å²) in [7, 11) is 0. The Labute approximate surface area is 148 Å². The molecular weight excluding hydrogens is 345 g/mol. The number of fused-ring (bicyclic) bond motifs is 1. The highest BCUT2D eigenvalue weighted by Gasteiger charge is 2.29. The number of hydrogen-bond donors (Lipinski definition) is 2. The predicted molar refractivity (Wildman–Crippen MR) is 90.9 cm³/mol. The average molecular weight is 362 g/mol. The van der Waals surface area contributed by atoms with Crippen LogP contribution in [0.2, 0.25) is 0 Å². The van der Waals surface area contributed by atoms with Crippen LogP contribution in [-0.2, 0) is 23.8 Å². The van der Waals surface area contributed by atoms with Crippen LogP contribution < -0.4 is 10.6 Å². The van der Waals surface area contributed by atoms with Crippen LogP contribution in [0.3, 0.4) is 0 Å². The van der Waals surface area contributed by atoms with Gasteiger partial charge in [-0.25, -0.2) is 0 Å². The Morgan fingerprint density at radius 1 is 1.12 bits per heavy atom. The quantitative estimate of drug-likeness (QED) is 0.874. The summed E-state index contributed by atoms with van der Waals surface area (Å²) in [6.07, 6.45) is -3.15. The number of carbonyl (C=O) groups is 2. The molecule has 0 bridgehead atoms. The molecule has 1 heterocycles. The Bertz CT molecular complexity index is 830. The molecule has 0 saturated carbocycles. The van der Waals surface area contributed by atoms with Crippen molar-refractivity contribution in [2.24, 2.45) is 0 Å². The maximum absolute atomic E-state index is 12.5. The molecule has 7 heteroatoms. The van der Waals surface area contributed by atoms with Crippen LogP contribution >= 0.6 is 0 Å². The lowest BCUT2D eigenvalue weighted by molar-refractivity contribution is -0.137. The Morgan fingerprint density at radius 2 is 1.85 bits per heavy atom. The monoisotopic (exact) mass is 362 g/mol. The molecule has 136 valence electrons. The number of aryl methyl sites for hydroxylation is 1. The SMILES string of the molecule is O=C(CCc1ccc(C(F)(F)F)cc1)Nc1ccc2c(c1)C(=O)NCC2. The molecule has 2 amide bonds. The van der Waals surface area contributed by atoms with Crippen molar-refractivity contribution >= 4 is 17.5 Å². The summed E-state index contributed by atoms with van der Waals surface area (Å²) in [5.74, 6) is -0.423. The first-order valence-corrected chi connectivity index (χ1v) is 8.20. The molecule has 0 fully saturated rings. The normalized spacial score (nSPS) is 13.7. The predicted octanol–water partition coefficient (Wildman–Crippen LogP) is 3.56. The number of benzene rings is 2. The first kappa shape index (κ1) is 18.0. The van der Waals surface area contributed by atoms with Crippen molar-refractivity contribution in [3.63, 3.8) is 0 Å². The van der Waals surface area contributed by atoms with Crippen molar-refractivity contribution in [3.05, 3.63) is 64.7 Å². The lowest BCUT2D eigenvalue weighted by Gasteiger charge is -2.17. The number of nitrogens with one attached hydrogen (secondary N) is 2. The van der Waals surface area contributed by atoms with Crippen molar-refractivity contribution in [1.82, 2.24) is 5.32 Å². The minimum atomic E-state index is -4.37. The second kappa shape index (κ2) is 7.19. The van der Waals surface area contributed by atoms with E-state index in [1.165, 1.54) is 12.1 Å². The smallest absolute Gasteiger partial charge is 0.352 e. The molecule has 0 unspecified atom stereocenters. The van der Waals surface area contributed by atoms with Gasteiger partial charge in [0.1, 0.15) is 0 Å². The van der Waals surface area contributed by atoms with E-state index in [-0.39, 0.29) is 18.2 Å². The number of carbonyl (C=O) groups excluding carboxylic acids is 2. The fourth-order valence-electron chi connectivity index (χ4n) is 2.83. The van der Waals surface area contributed by atoms with Crippen LogP contribution in [0.15, 0.2) is 42.5 Å². The van der Waals surface area contributed by atoms with Gasteiger partial charge in [0.15, 0.2) is 0 Å². The highest BCUT2D eigenvalue weighted by molar-refractivity contribution is 5.99. The maximum Gasteiger partial charge on any atom is 0.416 e. The van der Waals surface area contributed by atoms with E-state index >= 15 is 0 Å². The molecule has 2 aromatic carbocycles. The summed E-state index contributed by atoms with van der Waals surface area (Å²) < 4.78 is 37.6. The van der Waals surface area contributed by atoms with Gasteiger partial charge in [-0.1, -0.05) is 18.2 Å².